The lowest BCUT2D eigenvalue weighted by Gasteiger charge is -2.37. The first-order valence-corrected chi connectivity index (χ1v) is 8.23. The highest BCUT2D eigenvalue weighted by atomic mass is 19.1. The van der Waals surface area contributed by atoms with Crippen LogP contribution in [0.3, 0.4) is 0 Å². The second-order valence-electron chi connectivity index (χ2n) is 6.86. The van der Waals surface area contributed by atoms with E-state index in [4.69, 9.17) is 9.47 Å². The minimum Gasteiger partial charge on any atom is -0.352 e. The highest BCUT2D eigenvalue weighted by molar-refractivity contribution is 5.28. The third-order valence-electron chi connectivity index (χ3n) is 5.02. The van der Waals surface area contributed by atoms with Gasteiger partial charge in [0.25, 0.3) is 0 Å². The summed E-state index contributed by atoms with van der Waals surface area (Å²) in [7, 11) is 0. The highest BCUT2D eigenvalue weighted by Gasteiger charge is 2.32. The number of hydrogen-bond donors (Lipinski definition) is 0. The Morgan fingerprint density at radius 3 is 2.05 bits per heavy atom. The van der Waals surface area contributed by atoms with Crippen molar-refractivity contribution in [3.8, 4) is 0 Å². The molecule has 0 aromatic heterocycles. The molecule has 0 spiro atoms. The van der Waals surface area contributed by atoms with Crippen molar-refractivity contribution in [3.05, 3.63) is 34.9 Å². The Kier molecular flexibility index (Phi) is 4.79. The monoisotopic (exact) mass is 310 g/mol. The van der Waals surface area contributed by atoms with Crippen LogP contribution in [0, 0.1) is 30.4 Å². The Hall–Kier alpha value is -1.00. The van der Waals surface area contributed by atoms with Crippen LogP contribution in [0.25, 0.3) is 0 Å². The second kappa shape index (κ2) is 6.63. The van der Waals surface area contributed by atoms with Gasteiger partial charge in [0, 0.05) is 17.4 Å². The molecular formula is C18H24F2O2. The lowest BCUT2D eigenvalue weighted by molar-refractivity contribution is -0.226. The zero-order valence-corrected chi connectivity index (χ0v) is 13.3. The molecule has 1 aliphatic carbocycles. The summed E-state index contributed by atoms with van der Waals surface area (Å²) in [4.78, 5) is 0. The minimum absolute atomic E-state index is 0.0939. The van der Waals surface area contributed by atoms with Crippen LogP contribution in [-0.2, 0) is 9.47 Å². The van der Waals surface area contributed by atoms with E-state index in [0.29, 0.717) is 11.8 Å². The molecule has 4 heteroatoms. The molecule has 1 saturated heterocycles. The van der Waals surface area contributed by atoms with E-state index < -0.39 is 11.6 Å². The molecule has 3 rings (SSSR count). The highest BCUT2D eigenvalue weighted by Crippen LogP contribution is 2.39. The normalized spacial score (nSPS) is 32.9. The quantitative estimate of drug-likeness (QED) is 0.797. The van der Waals surface area contributed by atoms with Crippen molar-refractivity contribution in [2.75, 3.05) is 13.2 Å². The van der Waals surface area contributed by atoms with E-state index in [-0.39, 0.29) is 17.8 Å². The largest absolute Gasteiger partial charge is 0.352 e. The molecule has 2 nitrogen and oxygen atoms in total. The molecule has 1 saturated carbocycles. The van der Waals surface area contributed by atoms with Crippen molar-refractivity contribution in [1.82, 2.24) is 0 Å². The van der Waals surface area contributed by atoms with Crippen molar-refractivity contribution >= 4 is 0 Å². The van der Waals surface area contributed by atoms with E-state index in [1.165, 1.54) is 19.1 Å². The molecular weight excluding hydrogens is 286 g/mol. The van der Waals surface area contributed by atoms with Crippen LogP contribution >= 0.6 is 0 Å². The van der Waals surface area contributed by atoms with Crippen molar-refractivity contribution in [1.29, 1.82) is 0 Å². The van der Waals surface area contributed by atoms with Crippen molar-refractivity contribution < 1.29 is 18.3 Å². The Bertz CT molecular complexity index is 493. The summed E-state index contributed by atoms with van der Waals surface area (Å²) in [6.07, 6.45) is 3.75. The van der Waals surface area contributed by atoms with Gasteiger partial charge in [-0.1, -0.05) is 6.92 Å². The van der Waals surface area contributed by atoms with Crippen molar-refractivity contribution in [3.63, 3.8) is 0 Å². The number of halogens is 2. The van der Waals surface area contributed by atoms with Crippen LogP contribution in [0.5, 0.6) is 0 Å². The smallest absolute Gasteiger partial charge is 0.160 e. The van der Waals surface area contributed by atoms with Gasteiger partial charge in [-0.2, -0.15) is 0 Å². The molecule has 0 atom stereocenters. The molecule has 0 unspecified atom stereocenters. The summed E-state index contributed by atoms with van der Waals surface area (Å²) >= 11 is 0. The van der Waals surface area contributed by atoms with Crippen LogP contribution in [0.2, 0.25) is 0 Å². The fourth-order valence-corrected chi connectivity index (χ4v) is 3.51. The molecule has 0 amide bonds. The fourth-order valence-electron chi connectivity index (χ4n) is 3.51. The van der Waals surface area contributed by atoms with Gasteiger partial charge in [0.15, 0.2) is 6.29 Å². The van der Waals surface area contributed by atoms with E-state index in [9.17, 15) is 8.78 Å². The first-order valence-electron chi connectivity index (χ1n) is 8.23. The van der Waals surface area contributed by atoms with Crippen LogP contribution in [0.1, 0.15) is 49.7 Å². The average Bonchev–Trinajstić information content (AvgIpc) is 2.53. The predicted octanol–water partition coefficient (Wildman–Crippen LogP) is 4.56. The Morgan fingerprint density at radius 1 is 0.955 bits per heavy atom. The van der Waals surface area contributed by atoms with Crippen LogP contribution in [0.4, 0.5) is 8.78 Å². The van der Waals surface area contributed by atoms with Gasteiger partial charge < -0.3 is 9.47 Å². The van der Waals surface area contributed by atoms with E-state index in [1.807, 2.05) is 0 Å². The number of ether oxygens (including phenoxy) is 2. The first kappa shape index (κ1) is 15.9. The molecule has 0 N–H and O–H groups in total. The minimum atomic E-state index is -0.440. The molecule has 2 aliphatic rings. The van der Waals surface area contributed by atoms with Gasteiger partial charge in [-0.3, -0.25) is 0 Å². The Morgan fingerprint density at radius 2 is 1.50 bits per heavy atom. The van der Waals surface area contributed by atoms with E-state index in [0.717, 1.165) is 44.5 Å². The SMILES string of the molecule is Cc1c(F)cc(C2CCC(C3OCC(C)CO3)CC2)cc1F. The molecule has 1 aromatic carbocycles. The molecule has 1 aliphatic heterocycles. The van der Waals surface area contributed by atoms with E-state index in [2.05, 4.69) is 6.92 Å². The summed E-state index contributed by atoms with van der Waals surface area (Å²) in [5.74, 6) is 0.230. The van der Waals surface area contributed by atoms with Crippen molar-refractivity contribution in [2.45, 2.75) is 51.7 Å². The Labute approximate surface area is 130 Å². The van der Waals surface area contributed by atoms with E-state index >= 15 is 0 Å². The maximum atomic E-state index is 13.7. The summed E-state index contributed by atoms with van der Waals surface area (Å²) in [5, 5.41) is 0. The standard InChI is InChI=1S/C18H24F2O2/c1-11-9-21-18(22-10-11)14-5-3-13(4-6-14)15-7-16(19)12(2)17(20)8-15/h7-8,11,13-14,18H,3-6,9-10H2,1-2H3. The van der Waals surface area contributed by atoms with Crippen LogP contribution < -0.4 is 0 Å². The maximum absolute atomic E-state index is 13.7. The Balaban J connectivity index is 1.60. The topological polar surface area (TPSA) is 18.5 Å². The van der Waals surface area contributed by atoms with Gasteiger partial charge in [-0.05, 0) is 56.2 Å². The number of hydrogen-bond acceptors (Lipinski definition) is 2. The zero-order chi connectivity index (χ0) is 15.7. The molecule has 0 radical (unpaired) electrons. The maximum Gasteiger partial charge on any atom is 0.160 e. The van der Waals surface area contributed by atoms with Gasteiger partial charge in [0.1, 0.15) is 11.6 Å². The number of rotatable bonds is 2. The second-order valence-corrected chi connectivity index (χ2v) is 6.86. The average molecular weight is 310 g/mol. The van der Waals surface area contributed by atoms with E-state index in [1.54, 1.807) is 0 Å². The predicted molar refractivity (Wildman–Crippen MR) is 80.7 cm³/mol. The molecule has 122 valence electrons. The third kappa shape index (κ3) is 3.33. The van der Waals surface area contributed by atoms with Gasteiger partial charge in [-0.25, -0.2) is 8.78 Å². The number of benzene rings is 1. The zero-order valence-electron chi connectivity index (χ0n) is 13.3. The molecule has 1 aromatic rings. The van der Waals surface area contributed by atoms with Gasteiger partial charge >= 0.3 is 0 Å². The molecule has 2 fully saturated rings. The van der Waals surface area contributed by atoms with Crippen molar-refractivity contribution in [2.24, 2.45) is 11.8 Å². The summed E-state index contributed by atoms with van der Waals surface area (Å²) in [5.41, 5.74) is 0.897. The molecule has 22 heavy (non-hydrogen) atoms. The summed E-state index contributed by atoms with van der Waals surface area (Å²) < 4.78 is 39.0. The van der Waals surface area contributed by atoms with Gasteiger partial charge in [0.05, 0.1) is 13.2 Å². The fraction of sp³-hybridized carbons (Fsp3) is 0.667. The first-order chi connectivity index (χ1) is 10.5. The summed E-state index contributed by atoms with van der Waals surface area (Å²) in [6, 6.07) is 3.00. The molecule has 0 bridgehead atoms. The van der Waals surface area contributed by atoms with Gasteiger partial charge in [0.2, 0.25) is 0 Å². The lowest BCUT2D eigenvalue weighted by atomic mass is 9.78. The third-order valence-corrected chi connectivity index (χ3v) is 5.02. The molecule has 1 heterocycles. The summed E-state index contributed by atoms with van der Waals surface area (Å²) in [6.45, 7) is 5.12. The van der Waals surface area contributed by atoms with Gasteiger partial charge in [-0.15, -0.1) is 0 Å². The lowest BCUT2D eigenvalue weighted by Crippen LogP contribution is -2.37. The van der Waals surface area contributed by atoms with Crippen LogP contribution in [0.15, 0.2) is 12.1 Å². The van der Waals surface area contributed by atoms with Crippen LogP contribution in [-0.4, -0.2) is 19.5 Å².